The summed E-state index contributed by atoms with van der Waals surface area (Å²) in [5.41, 5.74) is 3.46. The first-order chi connectivity index (χ1) is 10.2. The third kappa shape index (κ3) is 3.24. The zero-order chi connectivity index (χ0) is 14.7. The summed E-state index contributed by atoms with van der Waals surface area (Å²) >= 11 is 1.65. The number of hydrazine groups is 1. The van der Waals surface area contributed by atoms with Crippen molar-refractivity contribution in [3.63, 3.8) is 0 Å². The molecule has 0 saturated carbocycles. The standard InChI is InChI=1S/C15H13N3O2S/c19-14-10-16-18(15(20)17-14)11-6-8-13(9-7-11)21-12-4-2-1-3-5-12/h1-9,16H,10H2,(H,17,19,20). The van der Waals surface area contributed by atoms with E-state index in [-0.39, 0.29) is 12.5 Å². The number of imide groups is 1. The normalized spacial score (nSPS) is 15.0. The smallest absolute Gasteiger partial charge is 0.275 e. The molecule has 1 fully saturated rings. The van der Waals surface area contributed by atoms with E-state index in [9.17, 15) is 9.59 Å². The third-order valence-corrected chi connectivity index (χ3v) is 3.94. The predicted molar refractivity (Wildman–Crippen MR) is 81.0 cm³/mol. The zero-order valence-corrected chi connectivity index (χ0v) is 11.9. The van der Waals surface area contributed by atoms with Crippen LogP contribution in [0.15, 0.2) is 64.4 Å². The van der Waals surface area contributed by atoms with Crippen molar-refractivity contribution in [2.45, 2.75) is 9.79 Å². The second-order valence-electron chi connectivity index (χ2n) is 4.43. The molecule has 106 valence electrons. The first kappa shape index (κ1) is 13.7. The monoisotopic (exact) mass is 299 g/mol. The topological polar surface area (TPSA) is 61.4 Å². The molecule has 2 aromatic rings. The van der Waals surface area contributed by atoms with Gasteiger partial charge in [0.15, 0.2) is 0 Å². The maximum atomic E-state index is 11.7. The Labute approximate surface area is 126 Å². The van der Waals surface area contributed by atoms with Crippen molar-refractivity contribution in [1.82, 2.24) is 10.7 Å². The minimum atomic E-state index is -0.463. The summed E-state index contributed by atoms with van der Waals surface area (Å²) in [6, 6.07) is 17.2. The second-order valence-corrected chi connectivity index (χ2v) is 5.58. The first-order valence-corrected chi connectivity index (χ1v) is 7.24. The quantitative estimate of drug-likeness (QED) is 0.913. The van der Waals surface area contributed by atoms with E-state index in [0.29, 0.717) is 5.69 Å². The Kier molecular flexibility index (Phi) is 3.89. The maximum absolute atomic E-state index is 11.7. The Balaban J connectivity index is 1.72. The van der Waals surface area contributed by atoms with Crippen molar-refractivity contribution in [3.05, 3.63) is 54.6 Å². The van der Waals surface area contributed by atoms with E-state index in [1.54, 1.807) is 11.8 Å². The predicted octanol–water partition coefficient (Wildman–Crippen LogP) is 2.40. The highest BCUT2D eigenvalue weighted by Crippen LogP contribution is 2.28. The van der Waals surface area contributed by atoms with E-state index in [4.69, 9.17) is 0 Å². The number of anilines is 1. The van der Waals surface area contributed by atoms with Gasteiger partial charge in [-0.05, 0) is 36.4 Å². The van der Waals surface area contributed by atoms with Gasteiger partial charge in [0.05, 0.1) is 12.2 Å². The molecule has 0 bridgehead atoms. The molecule has 3 rings (SSSR count). The molecule has 1 heterocycles. The van der Waals surface area contributed by atoms with Gasteiger partial charge in [0.2, 0.25) is 5.91 Å². The van der Waals surface area contributed by atoms with Crippen molar-refractivity contribution in [2.75, 3.05) is 11.6 Å². The summed E-state index contributed by atoms with van der Waals surface area (Å²) < 4.78 is 0. The lowest BCUT2D eigenvalue weighted by Crippen LogP contribution is -2.59. The third-order valence-electron chi connectivity index (χ3n) is 2.92. The van der Waals surface area contributed by atoms with Crippen LogP contribution in [0.5, 0.6) is 0 Å². The van der Waals surface area contributed by atoms with E-state index in [1.807, 2.05) is 54.6 Å². The van der Waals surface area contributed by atoms with Gasteiger partial charge in [0.1, 0.15) is 0 Å². The average Bonchev–Trinajstić information content (AvgIpc) is 2.49. The minimum absolute atomic E-state index is 0.0895. The van der Waals surface area contributed by atoms with Gasteiger partial charge < -0.3 is 0 Å². The fourth-order valence-corrected chi connectivity index (χ4v) is 2.78. The number of nitrogens with zero attached hydrogens (tertiary/aromatic N) is 1. The van der Waals surface area contributed by atoms with Crippen LogP contribution in [0.25, 0.3) is 0 Å². The molecule has 6 heteroatoms. The number of urea groups is 1. The molecular weight excluding hydrogens is 286 g/mol. The van der Waals surface area contributed by atoms with Gasteiger partial charge in [-0.25, -0.2) is 15.2 Å². The highest BCUT2D eigenvalue weighted by atomic mass is 32.2. The molecule has 0 atom stereocenters. The van der Waals surface area contributed by atoms with Crippen molar-refractivity contribution in [2.24, 2.45) is 0 Å². The molecule has 0 spiro atoms. The number of benzene rings is 2. The van der Waals surface area contributed by atoms with Gasteiger partial charge >= 0.3 is 6.03 Å². The molecule has 1 saturated heterocycles. The Bertz CT molecular complexity index is 658. The summed E-state index contributed by atoms with van der Waals surface area (Å²) in [7, 11) is 0. The van der Waals surface area contributed by atoms with Gasteiger partial charge in [0, 0.05) is 9.79 Å². The lowest BCUT2D eigenvalue weighted by atomic mass is 10.3. The van der Waals surface area contributed by atoms with E-state index in [0.717, 1.165) is 9.79 Å². The highest BCUT2D eigenvalue weighted by Gasteiger charge is 2.23. The first-order valence-electron chi connectivity index (χ1n) is 6.43. The molecule has 1 aliphatic rings. The van der Waals surface area contributed by atoms with Crippen LogP contribution in [0.4, 0.5) is 10.5 Å². The lowest BCUT2D eigenvalue weighted by Gasteiger charge is -2.27. The highest BCUT2D eigenvalue weighted by molar-refractivity contribution is 7.99. The van der Waals surface area contributed by atoms with E-state index in [1.165, 1.54) is 5.01 Å². The molecule has 1 aliphatic heterocycles. The second kappa shape index (κ2) is 5.99. The maximum Gasteiger partial charge on any atom is 0.343 e. The van der Waals surface area contributed by atoms with Gasteiger partial charge in [0.25, 0.3) is 0 Å². The van der Waals surface area contributed by atoms with Gasteiger partial charge in [-0.3, -0.25) is 10.1 Å². The zero-order valence-electron chi connectivity index (χ0n) is 11.1. The summed E-state index contributed by atoms with van der Waals surface area (Å²) in [5.74, 6) is -0.326. The summed E-state index contributed by atoms with van der Waals surface area (Å²) in [6.45, 7) is 0.0895. The number of carbonyl (C=O) groups excluding carboxylic acids is 2. The molecule has 2 N–H and O–H groups in total. The largest absolute Gasteiger partial charge is 0.343 e. The Morgan fingerprint density at radius 2 is 1.57 bits per heavy atom. The van der Waals surface area contributed by atoms with Crippen LogP contribution < -0.4 is 15.8 Å². The number of hydrogen-bond donors (Lipinski definition) is 2. The molecule has 0 aliphatic carbocycles. The number of carbonyl (C=O) groups is 2. The number of hydrogen-bond acceptors (Lipinski definition) is 4. The molecule has 5 nitrogen and oxygen atoms in total. The van der Waals surface area contributed by atoms with Gasteiger partial charge in [-0.1, -0.05) is 30.0 Å². The average molecular weight is 299 g/mol. The van der Waals surface area contributed by atoms with Crippen molar-refractivity contribution < 1.29 is 9.59 Å². The fraction of sp³-hybridized carbons (Fsp3) is 0.0667. The molecule has 3 amide bonds. The van der Waals surface area contributed by atoms with Crippen LogP contribution in [-0.4, -0.2) is 18.5 Å². The Morgan fingerprint density at radius 3 is 2.24 bits per heavy atom. The molecule has 21 heavy (non-hydrogen) atoms. The lowest BCUT2D eigenvalue weighted by molar-refractivity contribution is -0.119. The molecule has 0 aromatic heterocycles. The Hall–Kier alpha value is -2.31. The van der Waals surface area contributed by atoms with Crippen LogP contribution in [0.3, 0.4) is 0 Å². The summed E-state index contributed by atoms with van der Waals surface area (Å²) in [5, 5.41) is 3.59. The van der Waals surface area contributed by atoms with Gasteiger partial charge in [-0.15, -0.1) is 0 Å². The molecule has 0 unspecified atom stereocenters. The fourth-order valence-electron chi connectivity index (χ4n) is 1.94. The molecule has 2 aromatic carbocycles. The van der Waals surface area contributed by atoms with Crippen molar-refractivity contribution in [3.8, 4) is 0 Å². The summed E-state index contributed by atoms with van der Waals surface area (Å²) in [4.78, 5) is 25.0. The SMILES string of the molecule is O=C1CNN(c2ccc(Sc3ccccc3)cc2)C(=O)N1. The number of rotatable bonds is 3. The van der Waals surface area contributed by atoms with Crippen LogP contribution in [0.1, 0.15) is 0 Å². The molecular formula is C15H13N3O2S. The van der Waals surface area contributed by atoms with E-state index < -0.39 is 6.03 Å². The van der Waals surface area contributed by atoms with Crippen molar-refractivity contribution >= 4 is 29.4 Å². The van der Waals surface area contributed by atoms with Crippen molar-refractivity contribution in [1.29, 1.82) is 0 Å². The van der Waals surface area contributed by atoms with E-state index in [2.05, 4.69) is 10.7 Å². The molecule has 0 radical (unpaired) electrons. The Morgan fingerprint density at radius 1 is 0.905 bits per heavy atom. The van der Waals surface area contributed by atoms with Crippen LogP contribution in [0.2, 0.25) is 0 Å². The number of nitrogens with one attached hydrogen (secondary N) is 2. The van der Waals surface area contributed by atoms with Crippen LogP contribution >= 0.6 is 11.8 Å². The minimum Gasteiger partial charge on any atom is -0.275 e. The van der Waals surface area contributed by atoms with Crippen LogP contribution in [0, 0.1) is 0 Å². The van der Waals surface area contributed by atoms with E-state index >= 15 is 0 Å². The van der Waals surface area contributed by atoms with Gasteiger partial charge in [-0.2, -0.15) is 0 Å². The van der Waals surface area contributed by atoms with Crippen LogP contribution in [-0.2, 0) is 4.79 Å². The number of amides is 3. The summed E-state index contributed by atoms with van der Waals surface area (Å²) in [6.07, 6.45) is 0.